The third-order valence-corrected chi connectivity index (χ3v) is 13.3. The van der Waals surface area contributed by atoms with Crippen molar-refractivity contribution in [2.75, 3.05) is 26.4 Å². The molecule has 0 aromatic rings. The highest BCUT2D eigenvalue weighted by atomic mass is 16.7. The average Bonchev–Trinajstić information content (AvgIpc) is 3.32. The Kier molecular flexibility index (Phi) is 36.9. The predicted molar refractivity (Wildman–Crippen MR) is 257 cm³/mol. The number of carbonyl (C=O) groups excluding carboxylic acids is 2. The zero-order chi connectivity index (χ0) is 48.9. The van der Waals surface area contributed by atoms with E-state index in [1.54, 1.807) is 0 Å². The maximum Gasteiger partial charge on any atom is 0.306 e. The van der Waals surface area contributed by atoms with Crippen LogP contribution in [0, 0.1) is 0 Å². The molecule has 2 aliphatic rings. The van der Waals surface area contributed by atoms with E-state index in [9.17, 15) is 45.3 Å². The molecule has 0 spiro atoms. The van der Waals surface area contributed by atoms with Gasteiger partial charge in [0.05, 0.1) is 19.8 Å². The van der Waals surface area contributed by atoms with E-state index in [0.29, 0.717) is 12.8 Å². The van der Waals surface area contributed by atoms with Crippen molar-refractivity contribution in [1.82, 2.24) is 0 Å². The topological polar surface area (TPSA) is 231 Å². The summed E-state index contributed by atoms with van der Waals surface area (Å²) in [5, 5.41) is 72.1. The monoisotopic (exact) mass is 963 g/mol. The van der Waals surface area contributed by atoms with E-state index in [4.69, 9.17) is 28.4 Å². The molecule has 2 heterocycles. The summed E-state index contributed by atoms with van der Waals surface area (Å²) in [6.45, 7) is 2.63. The Hall–Kier alpha value is -1.50. The van der Waals surface area contributed by atoms with Crippen molar-refractivity contribution in [3.05, 3.63) is 0 Å². The molecular weight excluding hydrogens is 865 g/mol. The minimum Gasteiger partial charge on any atom is -0.462 e. The van der Waals surface area contributed by atoms with Crippen LogP contribution >= 0.6 is 0 Å². The standard InChI is InChI=1S/C52H98O15/c1-3-5-7-9-11-13-15-17-19-20-21-23-24-26-28-30-32-34-43(54)62-37-40(65-44(55)35-33-31-29-27-25-22-18-16-14-12-10-8-6-4-2)38-63-51-50(61)48(59)46(57)42(67-51)39-64-52-49(60)47(58)45(56)41(36-53)66-52/h40-42,45-53,56-61H,3-39H2,1-2H3/t40-,41+,42+,45-,46-,47?,48?,49?,50?,51+,52+/m0/s1. The molecular formula is C52H98O15. The van der Waals surface area contributed by atoms with Crippen molar-refractivity contribution in [3.8, 4) is 0 Å². The molecule has 11 atom stereocenters. The van der Waals surface area contributed by atoms with Crippen LogP contribution in [0.1, 0.15) is 226 Å². The second-order valence-corrected chi connectivity index (χ2v) is 19.4. The molecule has 67 heavy (non-hydrogen) atoms. The molecule has 0 bridgehead atoms. The summed E-state index contributed by atoms with van der Waals surface area (Å²) in [6.07, 6.45) is 21.2. The van der Waals surface area contributed by atoms with Gasteiger partial charge in [-0.05, 0) is 12.8 Å². The summed E-state index contributed by atoms with van der Waals surface area (Å²) in [7, 11) is 0. The van der Waals surface area contributed by atoms with Crippen molar-refractivity contribution in [2.45, 2.75) is 293 Å². The number of hydrogen-bond donors (Lipinski definition) is 7. The van der Waals surface area contributed by atoms with E-state index < -0.39 is 92.7 Å². The van der Waals surface area contributed by atoms with Crippen LogP contribution in [-0.2, 0) is 38.0 Å². The van der Waals surface area contributed by atoms with Gasteiger partial charge >= 0.3 is 11.9 Å². The fourth-order valence-electron chi connectivity index (χ4n) is 8.87. The first-order chi connectivity index (χ1) is 32.5. The Morgan fingerprint density at radius 3 is 1.16 bits per heavy atom. The van der Waals surface area contributed by atoms with Crippen molar-refractivity contribution in [3.63, 3.8) is 0 Å². The number of rotatable bonds is 43. The van der Waals surface area contributed by atoms with E-state index in [2.05, 4.69) is 13.8 Å². The third-order valence-electron chi connectivity index (χ3n) is 13.3. The minimum atomic E-state index is -1.76. The van der Waals surface area contributed by atoms with Gasteiger partial charge in [0.25, 0.3) is 0 Å². The Labute approximate surface area is 404 Å². The first-order valence-corrected chi connectivity index (χ1v) is 27.1. The van der Waals surface area contributed by atoms with Gasteiger partial charge in [-0.15, -0.1) is 0 Å². The van der Waals surface area contributed by atoms with Crippen LogP contribution < -0.4 is 0 Å². The van der Waals surface area contributed by atoms with Crippen LogP contribution in [0.4, 0.5) is 0 Å². The van der Waals surface area contributed by atoms with Crippen LogP contribution in [-0.4, -0.2) is 142 Å². The van der Waals surface area contributed by atoms with Gasteiger partial charge in [0, 0.05) is 12.8 Å². The molecule has 0 radical (unpaired) electrons. The molecule has 0 aliphatic carbocycles. The second-order valence-electron chi connectivity index (χ2n) is 19.4. The van der Waals surface area contributed by atoms with Gasteiger partial charge in [0.2, 0.25) is 0 Å². The molecule has 0 aromatic heterocycles. The summed E-state index contributed by atoms with van der Waals surface area (Å²) in [5.41, 5.74) is 0. The number of aliphatic hydroxyl groups is 7. The largest absolute Gasteiger partial charge is 0.462 e. The van der Waals surface area contributed by atoms with Crippen molar-refractivity contribution < 1.29 is 73.8 Å². The number of aliphatic hydroxyl groups excluding tert-OH is 7. The van der Waals surface area contributed by atoms with Crippen LogP contribution in [0.25, 0.3) is 0 Å². The zero-order valence-electron chi connectivity index (χ0n) is 41.9. The molecule has 0 saturated carbocycles. The summed E-state index contributed by atoms with van der Waals surface area (Å²) in [4.78, 5) is 25.8. The second kappa shape index (κ2) is 40.1. The SMILES string of the molecule is CCCCCCCCCCCCCCCCCCCC(=O)OC[C@@H](CO[C@@H]1O[C@H](CO[C@@H]2O[C@H](CO)[C@H](O)C(O)C2O)[C@H](O)C(O)C1O)OC(=O)CCCCCCCCCCCCCCCC. The first-order valence-electron chi connectivity index (χ1n) is 27.1. The molecule has 2 aliphatic heterocycles. The van der Waals surface area contributed by atoms with E-state index in [1.165, 1.54) is 148 Å². The van der Waals surface area contributed by atoms with Crippen molar-refractivity contribution in [2.24, 2.45) is 0 Å². The molecule has 2 rings (SSSR count). The number of unbranched alkanes of at least 4 members (excludes halogenated alkanes) is 29. The number of ether oxygens (including phenoxy) is 6. The highest BCUT2D eigenvalue weighted by Gasteiger charge is 2.47. The molecule has 4 unspecified atom stereocenters. The fraction of sp³-hybridized carbons (Fsp3) is 0.962. The average molecular weight is 963 g/mol. The predicted octanol–water partition coefficient (Wildman–Crippen LogP) is 8.00. The maximum atomic E-state index is 13.0. The molecule has 2 fully saturated rings. The number of hydrogen-bond acceptors (Lipinski definition) is 15. The molecule has 2 saturated heterocycles. The van der Waals surface area contributed by atoms with E-state index in [1.807, 2.05) is 0 Å². The smallest absolute Gasteiger partial charge is 0.306 e. The Balaban J connectivity index is 1.78. The maximum absolute atomic E-state index is 13.0. The van der Waals surface area contributed by atoms with Crippen LogP contribution in [0.2, 0.25) is 0 Å². The minimum absolute atomic E-state index is 0.173. The molecule has 7 N–H and O–H groups in total. The Morgan fingerprint density at radius 1 is 0.418 bits per heavy atom. The van der Waals surface area contributed by atoms with Crippen LogP contribution in [0.15, 0.2) is 0 Å². The summed E-state index contributed by atoms with van der Waals surface area (Å²) in [6, 6.07) is 0. The quantitative estimate of drug-likeness (QED) is 0.0227. The normalized spacial score (nSPS) is 25.9. The van der Waals surface area contributed by atoms with Gasteiger partial charge in [0.1, 0.15) is 55.4 Å². The summed E-state index contributed by atoms with van der Waals surface area (Å²) < 4.78 is 33.6. The van der Waals surface area contributed by atoms with Gasteiger partial charge in [-0.1, -0.05) is 200 Å². The lowest BCUT2D eigenvalue weighted by atomic mass is 9.98. The number of carbonyl (C=O) groups is 2. The van der Waals surface area contributed by atoms with Gasteiger partial charge in [-0.2, -0.15) is 0 Å². The van der Waals surface area contributed by atoms with Gasteiger partial charge < -0.3 is 64.2 Å². The molecule has 15 nitrogen and oxygen atoms in total. The molecule has 15 heteroatoms. The van der Waals surface area contributed by atoms with E-state index in [0.717, 1.165) is 38.5 Å². The lowest BCUT2D eigenvalue weighted by molar-refractivity contribution is -0.332. The Morgan fingerprint density at radius 2 is 0.761 bits per heavy atom. The third kappa shape index (κ3) is 28.2. The van der Waals surface area contributed by atoms with Crippen molar-refractivity contribution in [1.29, 1.82) is 0 Å². The van der Waals surface area contributed by atoms with Crippen LogP contribution in [0.3, 0.4) is 0 Å². The lowest BCUT2D eigenvalue weighted by Gasteiger charge is -2.42. The molecule has 0 aromatic carbocycles. The zero-order valence-corrected chi connectivity index (χ0v) is 41.9. The highest BCUT2D eigenvalue weighted by molar-refractivity contribution is 5.70. The highest BCUT2D eigenvalue weighted by Crippen LogP contribution is 2.27. The fourth-order valence-corrected chi connectivity index (χ4v) is 8.87. The van der Waals surface area contributed by atoms with Gasteiger partial charge in [0.15, 0.2) is 18.7 Å². The summed E-state index contributed by atoms with van der Waals surface area (Å²) >= 11 is 0. The lowest BCUT2D eigenvalue weighted by Crippen LogP contribution is -2.61. The number of esters is 2. The molecule has 0 amide bonds. The van der Waals surface area contributed by atoms with Crippen molar-refractivity contribution >= 4 is 11.9 Å². The van der Waals surface area contributed by atoms with Gasteiger partial charge in [-0.25, -0.2) is 0 Å². The Bertz CT molecular complexity index is 1180. The van der Waals surface area contributed by atoms with E-state index in [-0.39, 0.29) is 26.1 Å². The first kappa shape index (κ1) is 61.6. The van der Waals surface area contributed by atoms with Crippen LogP contribution in [0.5, 0.6) is 0 Å². The van der Waals surface area contributed by atoms with E-state index >= 15 is 0 Å². The summed E-state index contributed by atoms with van der Waals surface area (Å²) in [5.74, 6) is -0.907. The van der Waals surface area contributed by atoms with Gasteiger partial charge in [-0.3, -0.25) is 9.59 Å². The molecule has 396 valence electrons.